The third kappa shape index (κ3) is 1.58. The smallest absolute Gasteiger partial charge is 0.227 e. The number of nitrogens with zero attached hydrogens (tertiary/aromatic N) is 1. The van der Waals surface area contributed by atoms with Gasteiger partial charge in [0.2, 0.25) is 5.95 Å². The molecule has 0 aromatic carbocycles. The van der Waals surface area contributed by atoms with Gasteiger partial charge in [-0.3, -0.25) is 4.79 Å². The molecule has 0 aliphatic heterocycles. The summed E-state index contributed by atoms with van der Waals surface area (Å²) in [7, 11) is 0. The van der Waals surface area contributed by atoms with E-state index >= 15 is 0 Å². The van der Waals surface area contributed by atoms with E-state index in [0.717, 1.165) is 0 Å². The highest BCUT2D eigenvalue weighted by atomic mass is 19.1. The molecule has 0 bridgehead atoms. The molecule has 1 aromatic heterocycles. The van der Waals surface area contributed by atoms with Crippen LogP contribution in [0.25, 0.3) is 0 Å². The van der Waals surface area contributed by atoms with Crippen LogP contribution in [0.5, 0.6) is 5.75 Å². The minimum Gasteiger partial charge on any atom is -0.493 e. The fourth-order valence-electron chi connectivity index (χ4n) is 0.819. The molecule has 0 saturated carbocycles. The first-order valence-corrected chi connectivity index (χ1v) is 3.52. The lowest BCUT2D eigenvalue weighted by molar-refractivity contribution is 0.111. The fourth-order valence-corrected chi connectivity index (χ4v) is 0.819. The first-order chi connectivity index (χ1) is 5.79. The summed E-state index contributed by atoms with van der Waals surface area (Å²) in [5.74, 6) is -0.559. The van der Waals surface area contributed by atoms with Gasteiger partial charge in [-0.2, -0.15) is 4.39 Å². The zero-order chi connectivity index (χ0) is 8.97. The predicted molar refractivity (Wildman–Crippen MR) is 40.8 cm³/mol. The van der Waals surface area contributed by atoms with Gasteiger partial charge in [0.1, 0.15) is 11.3 Å². The van der Waals surface area contributed by atoms with Crippen LogP contribution in [0.4, 0.5) is 4.39 Å². The Labute approximate surface area is 69.2 Å². The largest absolute Gasteiger partial charge is 0.493 e. The number of pyridine rings is 1. The van der Waals surface area contributed by atoms with Crippen LogP contribution in [0, 0.1) is 5.95 Å². The molecule has 0 saturated heterocycles. The summed E-state index contributed by atoms with van der Waals surface area (Å²) in [6, 6.07) is 1.45. The molecule has 0 aliphatic rings. The number of halogens is 1. The Hall–Kier alpha value is -1.45. The van der Waals surface area contributed by atoms with E-state index in [1.54, 1.807) is 6.92 Å². The van der Waals surface area contributed by atoms with Gasteiger partial charge in [0.05, 0.1) is 6.61 Å². The van der Waals surface area contributed by atoms with Gasteiger partial charge >= 0.3 is 0 Å². The normalized spacial score (nSPS) is 9.50. The van der Waals surface area contributed by atoms with Gasteiger partial charge in [-0.25, -0.2) is 4.98 Å². The van der Waals surface area contributed by atoms with Crippen molar-refractivity contribution in [3.63, 3.8) is 0 Å². The highest BCUT2D eigenvalue weighted by molar-refractivity contribution is 5.78. The second-order valence-corrected chi connectivity index (χ2v) is 2.06. The maximum Gasteiger partial charge on any atom is 0.227 e. The van der Waals surface area contributed by atoms with Gasteiger partial charge in [-0.15, -0.1) is 0 Å². The molecule has 0 N–H and O–H groups in total. The van der Waals surface area contributed by atoms with Crippen LogP contribution in [0.1, 0.15) is 17.3 Å². The third-order valence-corrected chi connectivity index (χ3v) is 1.32. The Kier molecular flexibility index (Phi) is 2.74. The molecule has 4 heteroatoms. The maximum absolute atomic E-state index is 12.8. The molecule has 0 radical (unpaired) electrons. The van der Waals surface area contributed by atoms with Gasteiger partial charge in [0.15, 0.2) is 6.29 Å². The van der Waals surface area contributed by atoms with Gasteiger partial charge in [0, 0.05) is 6.20 Å². The molecule has 0 unspecified atom stereocenters. The molecule has 1 heterocycles. The average Bonchev–Trinajstić information content (AvgIpc) is 2.05. The molecule has 0 fully saturated rings. The number of hydrogen-bond acceptors (Lipinski definition) is 3. The Morgan fingerprint density at radius 3 is 3.08 bits per heavy atom. The van der Waals surface area contributed by atoms with Crippen LogP contribution in [0.3, 0.4) is 0 Å². The lowest BCUT2D eigenvalue weighted by Gasteiger charge is -2.04. The van der Waals surface area contributed by atoms with Crippen molar-refractivity contribution >= 4 is 6.29 Å². The van der Waals surface area contributed by atoms with Crippen LogP contribution in [-0.4, -0.2) is 17.9 Å². The summed E-state index contributed by atoms with van der Waals surface area (Å²) in [5.41, 5.74) is -0.126. The molecule has 0 spiro atoms. The van der Waals surface area contributed by atoms with Crippen LogP contribution in [-0.2, 0) is 0 Å². The predicted octanol–water partition coefficient (Wildman–Crippen LogP) is 1.43. The first-order valence-electron chi connectivity index (χ1n) is 3.52. The molecule has 1 aromatic rings. The van der Waals surface area contributed by atoms with Crippen molar-refractivity contribution in [1.82, 2.24) is 4.98 Å². The topological polar surface area (TPSA) is 39.2 Å². The highest BCUT2D eigenvalue weighted by Crippen LogP contribution is 2.16. The number of ether oxygens (including phenoxy) is 1. The van der Waals surface area contributed by atoms with Crippen molar-refractivity contribution in [2.45, 2.75) is 6.92 Å². The molecular formula is C8H8FNO2. The van der Waals surface area contributed by atoms with E-state index in [-0.39, 0.29) is 11.3 Å². The molecule has 3 nitrogen and oxygen atoms in total. The monoisotopic (exact) mass is 169 g/mol. The minimum atomic E-state index is -0.795. The number of aromatic nitrogens is 1. The zero-order valence-electron chi connectivity index (χ0n) is 6.58. The molecule has 0 atom stereocenters. The summed E-state index contributed by atoms with van der Waals surface area (Å²) in [6.07, 6.45) is 1.65. The Bertz CT molecular complexity index is 288. The summed E-state index contributed by atoms with van der Waals surface area (Å²) in [4.78, 5) is 13.7. The number of carbonyl (C=O) groups is 1. The van der Waals surface area contributed by atoms with Gasteiger partial charge in [-0.05, 0) is 13.0 Å². The lowest BCUT2D eigenvalue weighted by atomic mass is 10.3. The van der Waals surface area contributed by atoms with Crippen LogP contribution >= 0.6 is 0 Å². The first kappa shape index (κ1) is 8.64. The number of hydrogen-bond donors (Lipinski definition) is 0. The number of rotatable bonds is 3. The molecule has 0 aliphatic carbocycles. The van der Waals surface area contributed by atoms with E-state index in [1.165, 1.54) is 12.3 Å². The van der Waals surface area contributed by atoms with Gasteiger partial charge < -0.3 is 4.74 Å². The van der Waals surface area contributed by atoms with Crippen molar-refractivity contribution in [1.29, 1.82) is 0 Å². The third-order valence-electron chi connectivity index (χ3n) is 1.32. The van der Waals surface area contributed by atoms with Crippen molar-refractivity contribution in [2.75, 3.05) is 6.61 Å². The van der Waals surface area contributed by atoms with Crippen molar-refractivity contribution in [2.24, 2.45) is 0 Å². The summed E-state index contributed by atoms with van der Waals surface area (Å²) in [6.45, 7) is 2.15. The summed E-state index contributed by atoms with van der Waals surface area (Å²) in [5, 5.41) is 0. The highest BCUT2D eigenvalue weighted by Gasteiger charge is 2.08. The molecule has 0 amide bonds. The van der Waals surface area contributed by atoms with E-state index in [0.29, 0.717) is 12.9 Å². The fraction of sp³-hybridized carbons (Fsp3) is 0.250. The van der Waals surface area contributed by atoms with E-state index in [1.807, 2.05) is 0 Å². The lowest BCUT2D eigenvalue weighted by Crippen LogP contribution is -1.99. The number of aldehydes is 1. The summed E-state index contributed by atoms with van der Waals surface area (Å²) < 4.78 is 17.7. The molecule has 12 heavy (non-hydrogen) atoms. The van der Waals surface area contributed by atoms with Crippen LogP contribution in [0.2, 0.25) is 0 Å². The maximum atomic E-state index is 12.8. The average molecular weight is 169 g/mol. The standard InChI is InChI=1S/C8H8FNO2/c1-2-12-7-3-4-10-8(9)6(7)5-11/h3-5H,2H2,1H3. The van der Waals surface area contributed by atoms with Crippen molar-refractivity contribution in [3.8, 4) is 5.75 Å². The SMILES string of the molecule is CCOc1ccnc(F)c1C=O. The van der Waals surface area contributed by atoms with Crippen molar-refractivity contribution in [3.05, 3.63) is 23.8 Å². The van der Waals surface area contributed by atoms with Gasteiger partial charge in [0.25, 0.3) is 0 Å². The Morgan fingerprint density at radius 1 is 1.75 bits per heavy atom. The molecule has 64 valence electrons. The second-order valence-electron chi connectivity index (χ2n) is 2.06. The van der Waals surface area contributed by atoms with E-state index < -0.39 is 5.95 Å². The van der Waals surface area contributed by atoms with Crippen LogP contribution < -0.4 is 4.74 Å². The summed E-state index contributed by atoms with van der Waals surface area (Å²) >= 11 is 0. The van der Waals surface area contributed by atoms with Crippen molar-refractivity contribution < 1.29 is 13.9 Å². The van der Waals surface area contributed by atoms with Gasteiger partial charge in [-0.1, -0.05) is 0 Å². The van der Waals surface area contributed by atoms with Crippen LogP contribution in [0.15, 0.2) is 12.3 Å². The van der Waals surface area contributed by atoms with E-state index in [2.05, 4.69) is 4.98 Å². The minimum absolute atomic E-state index is 0.126. The van der Waals surface area contributed by atoms with E-state index in [4.69, 9.17) is 4.74 Å². The molecular weight excluding hydrogens is 161 g/mol. The Morgan fingerprint density at radius 2 is 2.50 bits per heavy atom. The number of carbonyl (C=O) groups excluding carboxylic acids is 1. The molecule has 1 rings (SSSR count). The van der Waals surface area contributed by atoms with E-state index in [9.17, 15) is 9.18 Å². The second kappa shape index (κ2) is 3.80. The quantitative estimate of drug-likeness (QED) is 0.507. The zero-order valence-corrected chi connectivity index (χ0v) is 6.58. The Balaban J connectivity index is 3.09.